The van der Waals surface area contributed by atoms with Gasteiger partial charge in [-0.25, -0.2) is 9.48 Å². The Morgan fingerprint density at radius 1 is 1.07 bits per heavy atom. The van der Waals surface area contributed by atoms with Crippen molar-refractivity contribution in [3.63, 3.8) is 0 Å². The number of piperidine rings is 1. The van der Waals surface area contributed by atoms with Gasteiger partial charge in [0.1, 0.15) is 0 Å². The van der Waals surface area contributed by atoms with Crippen LogP contribution in [0.2, 0.25) is 0 Å². The number of benzene rings is 1. The van der Waals surface area contributed by atoms with Crippen molar-refractivity contribution in [3.8, 4) is 5.69 Å². The van der Waals surface area contributed by atoms with Crippen molar-refractivity contribution in [3.05, 3.63) is 48.3 Å². The molecule has 1 aromatic carbocycles. The minimum absolute atomic E-state index is 0.0619. The number of hydrogen-bond donors (Lipinski definition) is 0. The molecule has 1 aliphatic heterocycles. The minimum atomic E-state index is -0.465. The summed E-state index contributed by atoms with van der Waals surface area (Å²) >= 11 is 0. The topological polar surface area (TPSA) is 64.4 Å². The van der Waals surface area contributed by atoms with E-state index in [2.05, 4.69) is 5.10 Å². The molecule has 0 radical (unpaired) electrons. The van der Waals surface area contributed by atoms with Crippen molar-refractivity contribution in [1.82, 2.24) is 14.7 Å². The molecule has 142 valence electrons. The number of fused-ring (bicyclic) bond motifs is 1. The highest BCUT2D eigenvalue weighted by Gasteiger charge is 2.35. The van der Waals surface area contributed by atoms with Crippen LogP contribution in [0, 0.1) is 5.92 Å². The standard InChI is InChI=1S/C21H25N3O3/c25-20(23-13-3-6-16-5-1-2-7-19(16)23)15-27-21(26)17-8-10-18(11-9-17)24-14-4-12-22-24/h4,8-12,14,16,19H,1-3,5-7,13,15H2/t16-,19-/m0/s1. The fourth-order valence-corrected chi connectivity index (χ4v) is 4.40. The molecule has 4 rings (SSSR count). The van der Waals surface area contributed by atoms with Gasteiger partial charge in [0.15, 0.2) is 6.61 Å². The van der Waals surface area contributed by atoms with Crippen LogP contribution in [0.5, 0.6) is 0 Å². The summed E-state index contributed by atoms with van der Waals surface area (Å²) in [4.78, 5) is 26.9. The quantitative estimate of drug-likeness (QED) is 0.779. The highest BCUT2D eigenvalue weighted by molar-refractivity contribution is 5.91. The summed E-state index contributed by atoms with van der Waals surface area (Å²) in [5.74, 6) is 0.0997. The van der Waals surface area contributed by atoms with Crippen LogP contribution in [0.25, 0.3) is 5.69 Å². The SMILES string of the molecule is O=C(OCC(=O)N1CCC[C@@H]2CCCC[C@@H]21)c1ccc(-n2cccn2)cc1. The van der Waals surface area contributed by atoms with E-state index in [-0.39, 0.29) is 12.5 Å². The fourth-order valence-electron chi connectivity index (χ4n) is 4.40. The maximum atomic E-state index is 12.6. The zero-order valence-corrected chi connectivity index (χ0v) is 15.4. The molecule has 6 nitrogen and oxygen atoms in total. The lowest BCUT2D eigenvalue weighted by Crippen LogP contribution is -2.50. The zero-order chi connectivity index (χ0) is 18.6. The molecular formula is C21H25N3O3. The Bertz CT molecular complexity index is 784. The average Bonchev–Trinajstić information content (AvgIpc) is 3.26. The van der Waals surface area contributed by atoms with E-state index in [1.807, 2.05) is 29.3 Å². The molecule has 0 N–H and O–H groups in total. The van der Waals surface area contributed by atoms with E-state index in [4.69, 9.17) is 4.74 Å². The van der Waals surface area contributed by atoms with Crippen molar-refractivity contribution in [2.24, 2.45) is 5.92 Å². The second-order valence-corrected chi connectivity index (χ2v) is 7.41. The number of likely N-dealkylation sites (tertiary alicyclic amines) is 1. The monoisotopic (exact) mass is 367 g/mol. The summed E-state index contributed by atoms with van der Waals surface area (Å²) in [6.45, 7) is 0.610. The third-order valence-corrected chi connectivity index (χ3v) is 5.76. The number of esters is 1. The summed E-state index contributed by atoms with van der Waals surface area (Å²) in [6.07, 6.45) is 10.6. The Morgan fingerprint density at radius 2 is 1.85 bits per heavy atom. The lowest BCUT2D eigenvalue weighted by molar-refractivity contribution is -0.140. The Kier molecular flexibility index (Phi) is 5.23. The Morgan fingerprint density at radius 3 is 2.63 bits per heavy atom. The van der Waals surface area contributed by atoms with Crippen molar-refractivity contribution in [1.29, 1.82) is 0 Å². The minimum Gasteiger partial charge on any atom is -0.452 e. The Hall–Kier alpha value is -2.63. The van der Waals surface area contributed by atoms with E-state index < -0.39 is 5.97 Å². The first kappa shape index (κ1) is 17.8. The highest BCUT2D eigenvalue weighted by atomic mass is 16.5. The maximum Gasteiger partial charge on any atom is 0.338 e. The molecule has 1 saturated carbocycles. The number of rotatable bonds is 4. The number of nitrogens with zero attached hydrogens (tertiary/aromatic N) is 3. The van der Waals surface area contributed by atoms with Gasteiger partial charge in [0, 0.05) is 25.0 Å². The van der Waals surface area contributed by atoms with Crippen LogP contribution in [0.3, 0.4) is 0 Å². The summed E-state index contributed by atoms with van der Waals surface area (Å²) < 4.78 is 7.02. The fraction of sp³-hybridized carbons (Fsp3) is 0.476. The first-order valence-corrected chi connectivity index (χ1v) is 9.79. The van der Waals surface area contributed by atoms with Gasteiger partial charge in [0.2, 0.25) is 0 Å². The molecule has 1 amide bonds. The van der Waals surface area contributed by atoms with Gasteiger partial charge < -0.3 is 9.64 Å². The molecule has 1 aromatic heterocycles. The second-order valence-electron chi connectivity index (χ2n) is 7.41. The number of amides is 1. The summed E-state index contributed by atoms with van der Waals surface area (Å²) in [6, 6.07) is 9.19. The first-order valence-electron chi connectivity index (χ1n) is 9.79. The second kappa shape index (κ2) is 7.94. The molecule has 6 heteroatoms. The van der Waals surface area contributed by atoms with E-state index >= 15 is 0 Å². The van der Waals surface area contributed by atoms with Crippen molar-refractivity contribution in [2.75, 3.05) is 13.2 Å². The van der Waals surface area contributed by atoms with Crippen molar-refractivity contribution < 1.29 is 14.3 Å². The molecule has 0 unspecified atom stereocenters. The van der Waals surface area contributed by atoms with Gasteiger partial charge >= 0.3 is 5.97 Å². The van der Waals surface area contributed by atoms with Gasteiger partial charge in [-0.15, -0.1) is 0 Å². The first-order chi connectivity index (χ1) is 13.2. The van der Waals surface area contributed by atoms with Gasteiger partial charge in [-0.05, 0) is 61.9 Å². The van der Waals surface area contributed by atoms with Gasteiger partial charge in [0.25, 0.3) is 5.91 Å². The lowest BCUT2D eigenvalue weighted by atomic mass is 9.78. The van der Waals surface area contributed by atoms with Crippen LogP contribution in [0.15, 0.2) is 42.7 Å². The largest absolute Gasteiger partial charge is 0.452 e. The predicted molar refractivity (Wildman–Crippen MR) is 101 cm³/mol. The van der Waals surface area contributed by atoms with Crippen molar-refractivity contribution in [2.45, 2.75) is 44.6 Å². The molecule has 27 heavy (non-hydrogen) atoms. The number of carbonyl (C=O) groups excluding carboxylic acids is 2. The number of aromatic nitrogens is 2. The molecule has 0 bridgehead atoms. The number of ether oxygens (including phenoxy) is 1. The van der Waals surface area contributed by atoms with E-state index in [0.717, 1.165) is 25.1 Å². The van der Waals surface area contributed by atoms with E-state index in [9.17, 15) is 9.59 Å². The van der Waals surface area contributed by atoms with Crippen LogP contribution in [-0.2, 0) is 9.53 Å². The molecule has 2 atom stereocenters. The maximum absolute atomic E-state index is 12.6. The molecule has 2 aliphatic rings. The lowest BCUT2D eigenvalue weighted by Gasteiger charge is -2.44. The molecule has 2 heterocycles. The van der Waals surface area contributed by atoms with Gasteiger partial charge in [-0.2, -0.15) is 5.10 Å². The summed E-state index contributed by atoms with van der Waals surface area (Å²) in [5.41, 5.74) is 1.30. The van der Waals surface area contributed by atoms with Gasteiger partial charge in [-0.3, -0.25) is 4.79 Å². The molecule has 2 aromatic rings. The highest BCUT2D eigenvalue weighted by Crippen LogP contribution is 2.35. The third kappa shape index (κ3) is 3.89. The van der Waals surface area contributed by atoms with Gasteiger partial charge in [0.05, 0.1) is 11.3 Å². The molecule has 1 aliphatic carbocycles. The molecule has 1 saturated heterocycles. The van der Waals surface area contributed by atoms with Crippen LogP contribution in [0.1, 0.15) is 48.9 Å². The molecular weight excluding hydrogens is 342 g/mol. The van der Waals surface area contributed by atoms with Crippen molar-refractivity contribution >= 4 is 11.9 Å². The van der Waals surface area contributed by atoms with Crippen LogP contribution in [-0.4, -0.2) is 45.8 Å². The summed E-state index contributed by atoms with van der Waals surface area (Å²) in [7, 11) is 0. The molecule has 0 spiro atoms. The Balaban J connectivity index is 1.34. The smallest absolute Gasteiger partial charge is 0.338 e. The normalized spacial score (nSPS) is 22.1. The van der Waals surface area contributed by atoms with E-state index in [1.165, 1.54) is 25.7 Å². The van der Waals surface area contributed by atoms with Gasteiger partial charge in [-0.1, -0.05) is 12.8 Å². The third-order valence-electron chi connectivity index (χ3n) is 5.76. The van der Waals surface area contributed by atoms with E-state index in [0.29, 0.717) is 17.5 Å². The zero-order valence-electron chi connectivity index (χ0n) is 15.4. The van der Waals surface area contributed by atoms with E-state index in [1.54, 1.807) is 23.0 Å². The predicted octanol–water partition coefficient (Wildman–Crippen LogP) is 3.21. The van der Waals surface area contributed by atoms with Crippen LogP contribution < -0.4 is 0 Å². The number of hydrogen-bond acceptors (Lipinski definition) is 4. The number of carbonyl (C=O) groups is 2. The van der Waals surface area contributed by atoms with Crippen LogP contribution >= 0.6 is 0 Å². The summed E-state index contributed by atoms with van der Waals surface area (Å²) in [5, 5.41) is 4.16. The molecule has 2 fully saturated rings. The average molecular weight is 367 g/mol. The Labute approximate surface area is 159 Å². The van der Waals surface area contributed by atoms with Crippen LogP contribution in [0.4, 0.5) is 0 Å².